The maximum Gasteiger partial charge on any atom is 0.350 e. The van der Waals surface area contributed by atoms with Crippen molar-refractivity contribution in [1.29, 1.82) is 0 Å². The number of nitrogens with one attached hydrogen (secondary N) is 1. The van der Waals surface area contributed by atoms with Gasteiger partial charge in [0.05, 0.1) is 12.2 Å². The topological polar surface area (TPSA) is 61.4 Å². The van der Waals surface area contributed by atoms with Crippen molar-refractivity contribution in [3.8, 4) is 0 Å². The number of aromatic nitrogens is 2. The fourth-order valence-corrected chi connectivity index (χ4v) is 5.23. The van der Waals surface area contributed by atoms with E-state index >= 15 is 0 Å². The number of carbonyl (C=O) groups excluding carboxylic acids is 1. The predicted molar refractivity (Wildman–Crippen MR) is 108 cm³/mol. The lowest BCUT2D eigenvalue weighted by atomic mass is 10.1. The van der Waals surface area contributed by atoms with E-state index in [1.54, 1.807) is 0 Å². The average molecular weight is 440 g/mol. The summed E-state index contributed by atoms with van der Waals surface area (Å²) in [6, 6.07) is 1.95. The lowest BCUT2D eigenvalue weighted by molar-refractivity contribution is -0.160. The lowest BCUT2D eigenvalue weighted by Crippen LogP contribution is -2.44. The van der Waals surface area contributed by atoms with Crippen molar-refractivity contribution in [1.82, 2.24) is 20.2 Å². The number of hydrogen-bond acceptors (Lipinski definition) is 6. The Morgan fingerprint density at radius 1 is 1.40 bits per heavy atom. The fourth-order valence-electron chi connectivity index (χ4n) is 4.01. The summed E-state index contributed by atoms with van der Waals surface area (Å²) >= 11 is 1.48. The summed E-state index contributed by atoms with van der Waals surface area (Å²) in [6.45, 7) is 5.06. The van der Waals surface area contributed by atoms with Crippen LogP contribution >= 0.6 is 11.3 Å². The Bertz CT molecular complexity index is 922. The summed E-state index contributed by atoms with van der Waals surface area (Å²) in [6.07, 6.45) is 3.57. The maximum absolute atomic E-state index is 14.7. The van der Waals surface area contributed by atoms with Gasteiger partial charge >= 0.3 is 5.92 Å². The number of fused-ring (bicyclic) bond motifs is 1. The van der Waals surface area contributed by atoms with Crippen LogP contribution < -0.4 is 10.2 Å². The summed E-state index contributed by atoms with van der Waals surface area (Å²) in [5, 5.41) is 4.28. The van der Waals surface area contributed by atoms with E-state index in [9.17, 15) is 18.0 Å². The molecule has 1 saturated heterocycles. The zero-order chi connectivity index (χ0) is 21.3. The van der Waals surface area contributed by atoms with Crippen LogP contribution in [0.2, 0.25) is 0 Å². The number of amides is 1. The second-order valence-electron chi connectivity index (χ2n) is 7.58. The summed E-state index contributed by atoms with van der Waals surface area (Å²) in [5.74, 6) is -6.16. The first-order valence-electron chi connectivity index (χ1n) is 10.1. The van der Waals surface area contributed by atoms with E-state index in [0.717, 1.165) is 65.3 Å². The van der Waals surface area contributed by atoms with Crippen molar-refractivity contribution >= 4 is 22.4 Å². The molecule has 10 heteroatoms. The summed E-state index contributed by atoms with van der Waals surface area (Å²) < 4.78 is 42.7. The Labute approximate surface area is 177 Å². The number of pyridine rings is 1. The Balaban J connectivity index is 1.49. The second kappa shape index (κ2) is 8.50. The predicted octanol–water partition coefficient (Wildman–Crippen LogP) is 2.93. The minimum atomic E-state index is -3.80. The number of hydrogen-bond donors (Lipinski definition) is 1. The first-order chi connectivity index (χ1) is 14.4. The van der Waals surface area contributed by atoms with Crippen molar-refractivity contribution in [3.05, 3.63) is 40.4 Å². The molecule has 0 spiro atoms. The molecule has 1 N–H and O–H groups in total. The third-order valence-electron chi connectivity index (χ3n) is 5.62. The van der Waals surface area contributed by atoms with Gasteiger partial charge in [-0.1, -0.05) is 18.3 Å². The van der Waals surface area contributed by atoms with Gasteiger partial charge in [-0.2, -0.15) is 13.2 Å². The minimum Gasteiger partial charge on any atom is -0.344 e. The van der Waals surface area contributed by atoms with Crippen LogP contribution in [0.25, 0.3) is 0 Å². The third kappa shape index (κ3) is 4.02. The number of nitrogens with zero attached hydrogens (tertiary/aromatic N) is 4. The van der Waals surface area contributed by atoms with Crippen LogP contribution in [0.1, 0.15) is 35.9 Å². The van der Waals surface area contributed by atoms with Crippen molar-refractivity contribution in [2.75, 3.05) is 31.1 Å². The van der Waals surface area contributed by atoms with E-state index < -0.39 is 23.3 Å². The molecule has 0 bridgehead atoms. The first kappa shape index (κ1) is 21.0. The van der Waals surface area contributed by atoms with Crippen LogP contribution in [0.15, 0.2) is 18.3 Å². The van der Waals surface area contributed by atoms with E-state index in [2.05, 4.69) is 22.1 Å². The van der Waals surface area contributed by atoms with Gasteiger partial charge in [-0.15, -0.1) is 0 Å². The number of anilines is 1. The van der Waals surface area contributed by atoms with Gasteiger partial charge in [0.25, 0.3) is 5.91 Å². The second-order valence-corrected chi connectivity index (χ2v) is 8.64. The van der Waals surface area contributed by atoms with Crippen LogP contribution in [-0.4, -0.2) is 53.0 Å². The summed E-state index contributed by atoms with van der Waals surface area (Å²) in [4.78, 5) is 24.9. The average Bonchev–Trinajstić information content (AvgIpc) is 3.37. The molecule has 4 rings (SSSR count). The molecule has 0 aliphatic carbocycles. The van der Waals surface area contributed by atoms with Gasteiger partial charge in [0.15, 0.2) is 5.13 Å². The Hall–Kier alpha value is -2.20. The molecule has 1 fully saturated rings. The van der Waals surface area contributed by atoms with Crippen molar-refractivity contribution in [3.63, 3.8) is 0 Å². The molecule has 0 radical (unpaired) electrons. The van der Waals surface area contributed by atoms with Gasteiger partial charge in [-0.25, -0.2) is 9.97 Å². The van der Waals surface area contributed by atoms with Crippen LogP contribution in [0, 0.1) is 5.95 Å². The van der Waals surface area contributed by atoms with E-state index in [-0.39, 0.29) is 13.1 Å². The number of thiazole rings is 1. The highest BCUT2D eigenvalue weighted by molar-refractivity contribution is 7.15. The van der Waals surface area contributed by atoms with Crippen LogP contribution in [0.3, 0.4) is 0 Å². The molecule has 2 aliphatic heterocycles. The Morgan fingerprint density at radius 3 is 3.00 bits per heavy atom. The molecule has 2 aromatic heterocycles. The van der Waals surface area contributed by atoms with E-state index in [1.807, 2.05) is 0 Å². The molecule has 4 heterocycles. The largest absolute Gasteiger partial charge is 0.350 e. The molecule has 1 unspecified atom stereocenters. The summed E-state index contributed by atoms with van der Waals surface area (Å²) in [5.41, 5.74) is 0.200. The van der Waals surface area contributed by atoms with Gasteiger partial charge < -0.3 is 15.1 Å². The number of likely N-dealkylation sites (N-methyl/N-ethyl adjacent to an activating group) is 1. The molecule has 1 atom stereocenters. The van der Waals surface area contributed by atoms with Crippen LogP contribution in [0.4, 0.5) is 18.3 Å². The van der Waals surface area contributed by atoms with Gasteiger partial charge in [0, 0.05) is 54.8 Å². The molecule has 0 saturated carbocycles. The highest BCUT2D eigenvalue weighted by atomic mass is 32.1. The first-order valence-corrected chi connectivity index (χ1v) is 11.0. The zero-order valence-electron chi connectivity index (χ0n) is 16.7. The molecule has 2 aliphatic rings. The fraction of sp³-hybridized carbons (Fsp3) is 0.550. The molecule has 1 amide bonds. The molecular formula is C20H24F3N5OS. The van der Waals surface area contributed by atoms with E-state index in [4.69, 9.17) is 4.98 Å². The lowest BCUT2D eigenvalue weighted by Gasteiger charge is -2.29. The normalized spacial score (nSPS) is 19.3. The SMILES string of the molecule is CCNCC1CCCN1c1nc2c(s1)CN(C(=O)C(F)(F)c1ccnc(F)c1)CC2. The number of alkyl halides is 2. The number of carbonyl (C=O) groups is 1. The monoisotopic (exact) mass is 439 g/mol. The van der Waals surface area contributed by atoms with Gasteiger partial charge in [-0.3, -0.25) is 4.79 Å². The van der Waals surface area contributed by atoms with Gasteiger partial charge in [0.1, 0.15) is 0 Å². The van der Waals surface area contributed by atoms with Crippen molar-refractivity contribution in [2.45, 2.75) is 44.7 Å². The molecule has 30 heavy (non-hydrogen) atoms. The number of halogens is 3. The smallest absolute Gasteiger partial charge is 0.344 e. The number of rotatable bonds is 6. The van der Waals surface area contributed by atoms with Crippen LogP contribution in [-0.2, 0) is 23.7 Å². The minimum absolute atomic E-state index is 0.0979. The quantitative estimate of drug-likeness (QED) is 0.702. The van der Waals surface area contributed by atoms with E-state index in [1.165, 1.54) is 11.3 Å². The van der Waals surface area contributed by atoms with Crippen molar-refractivity contribution < 1.29 is 18.0 Å². The molecule has 2 aromatic rings. The zero-order valence-corrected chi connectivity index (χ0v) is 17.5. The molecular weight excluding hydrogens is 415 g/mol. The Morgan fingerprint density at radius 2 is 2.23 bits per heavy atom. The van der Waals surface area contributed by atoms with Crippen LogP contribution in [0.5, 0.6) is 0 Å². The van der Waals surface area contributed by atoms with Gasteiger partial charge in [-0.05, 0) is 25.5 Å². The Kier molecular flexibility index (Phi) is 5.97. The maximum atomic E-state index is 14.7. The third-order valence-corrected chi connectivity index (χ3v) is 6.74. The summed E-state index contributed by atoms with van der Waals surface area (Å²) in [7, 11) is 0. The standard InChI is InChI=1S/C20H24F3N5OS/c1-2-24-11-14-4-3-8-28(14)19-26-15-6-9-27(12-16(15)30-19)18(29)20(22,23)13-5-7-25-17(21)10-13/h5,7,10,14,24H,2-4,6,8-9,11-12H2,1H3. The van der Waals surface area contributed by atoms with E-state index in [0.29, 0.717) is 18.5 Å². The highest BCUT2D eigenvalue weighted by Crippen LogP contribution is 2.37. The molecule has 0 aromatic carbocycles. The van der Waals surface area contributed by atoms with Crippen molar-refractivity contribution in [2.24, 2.45) is 0 Å². The van der Waals surface area contributed by atoms with Gasteiger partial charge in [0.2, 0.25) is 5.95 Å². The highest BCUT2D eigenvalue weighted by Gasteiger charge is 2.45. The molecule has 6 nitrogen and oxygen atoms in total. The molecule has 162 valence electrons.